The quantitative estimate of drug-likeness (QED) is 0.792. The maximum absolute atomic E-state index is 12.4. The summed E-state index contributed by atoms with van der Waals surface area (Å²) in [6.45, 7) is 2.07. The van der Waals surface area contributed by atoms with E-state index in [2.05, 4.69) is 12.2 Å². The molecule has 2 rings (SSSR count). The first-order chi connectivity index (χ1) is 10.4. The Morgan fingerprint density at radius 2 is 1.95 bits per heavy atom. The van der Waals surface area contributed by atoms with Gasteiger partial charge in [-0.25, -0.2) is 4.79 Å². The Balaban J connectivity index is 2.24. The summed E-state index contributed by atoms with van der Waals surface area (Å²) in [5.41, 5.74) is -1.25. The molecule has 1 fully saturated rings. The SMILES string of the molecule is COc1ccc(O)c(C(=O)NC2(C(=O)O)CCC(C)CC2)c1. The Morgan fingerprint density at radius 1 is 1.32 bits per heavy atom. The molecule has 120 valence electrons. The number of nitrogens with one attached hydrogen (secondary N) is 1. The predicted molar refractivity (Wildman–Crippen MR) is 80.1 cm³/mol. The number of methoxy groups -OCH3 is 1. The first kappa shape index (κ1) is 16.1. The number of phenolic OH excluding ortho intramolecular Hbond substituents is 1. The number of hydrogen-bond donors (Lipinski definition) is 3. The summed E-state index contributed by atoms with van der Waals surface area (Å²) in [4.78, 5) is 24.1. The first-order valence-corrected chi connectivity index (χ1v) is 7.31. The van der Waals surface area contributed by atoms with Crippen LogP contribution in [0.3, 0.4) is 0 Å². The molecule has 1 aromatic rings. The Labute approximate surface area is 129 Å². The fourth-order valence-electron chi connectivity index (χ4n) is 2.76. The molecule has 0 saturated heterocycles. The van der Waals surface area contributed by atoms with E-state index in [9.17, 15) is 19.8 Å². The zero-order valence-electron chi connectivity index (χ0n) is 12.8. The molecule has 0 radical (unpaired) electrons. The highest BCUT2D eigenvalue weighted by Crippen LogP contribution is 2.33. The standard InChI is InChI=1S/C16H21NO5/c1-10-5-7-16(8-6-10,15(20)21)17-14(19)12-9-11(22-2)3-4-13(12)18/h3-4,9-10,18H,5-8H2,1-2H3,(H,17,19)(H,20,21). The van der Waals surface area contributed by atoms with Gasteiger partial charge in [-0.15, -0.1) is 0 Å². The number of ether oxygens (including phenoxy) is 1. The molecule has 0 aromatic heterocycles. The second-order valence-electron chi connectivity index (χ2n) is 5.91. The van der Waals surface area contributed by atoms with Crippen LogP contribution in [0.25, 0.3) is 0 Å². The fraction of sp³-hybridized carbons (Fsp3) is 0.500. The van der Waals surface area contributed by atoms with E-state index >= 15 is 0 Å². The topological polar surface area (TPSA) is 95.9 Å². The molecule has 22 heavy (non-hydrogen) atoms. The van der Waals surface area contributed by atoms with E-state index in [1.165, 1.54) is 25.3 Å². The highest BCUT2D eigenvalue weighted by Gasteiger charge is 2.42. The van der Waals surface area contributed by atoms with Crippen molar-refractivity contribution in [3.05, 3.63) is 23.8 Å². The Kier molecular flexibility index (Phi) is 4.59. The minimum Gasteiger partial charge on any atom is -0.507 e. The normalized spacial score (nSPS) is 24.5. The summed E-state index contributed by atoms with van der Waals surface area (Å²) in [5.74, 6) is -0.967. The maximum Gasteiger partial charge on any atom is 0.329 e. The molecule has 3 N–H and O–H groups in total. The fourth-order valence-corrected chi connectivity index (χ4v) is 2.76. The van der Waals surface area contributed by atoms with Gasteiger partial charge < -0.3 is 20.3 Å². The van der Waals surface area contributed by atoms with Gasteiger partial charge in [-0.05, 0) is 49.8 Å². The number of aromatic hydroxyl groups is 1. The van der Waals surface area contributed by atoms with Crippen LogP contribution in [-0.2, 0) is 4.79 Å². The number of carboxylic acid groups (broad SMARTS) is 1. The van der Waals surface area contributed by atoms with Crippen LogP contribution in [0.4, 0.5) is 0 Å². The van der Waals surface area contributed by atoms with Gasteiger partial charge in [0.2, 0.25) is 0 Å². The van der Waals surface area contributed by atoms with Crippen molar-refractivity contribution in [3.63, 3.8) is 0 Å². The van der Waals surface area contributed by atoms with Crippen molar-refractivity contribution in [1.82, 2.24) is 5.32 Å². The zero-order chi connectivity index (χ0) is 16.3. The molecule has 1 aliphatic carbocycles. The van der Waals surface area contributed by atoms with Crippen LogP contribution in [0.15, 0.2) is 18.2 Å². The lowest BCUT2D eigenvalue weighted by molar-refractivity contribution is -0.146. The number of aliphatic carboxylic acids is 1. The van der Waals surface area contributed by atoms with E-state index in [0.29, 0.717) is 24.5 Å². The van der Waals surface area contributed by atoms with Gasteiger partial charge in [0.05, 0.1) is 12.7 Å². The molecule has 0 unspecified atom stereocenters. The highest BCUT2D eigenvalue weighted by atomic mass is 16.5. The van der Waals surface area contributed by atoms with E-state index in [0.717, 1.165) is 12.8 Å². The second-order valence-corrected chi connectivity index (χ2v) is 5.91. The Hall–Kier alpha value is -2.24. The van der Waals surface area contributed by atoms with Crippen molar-refractivity contribution in [3.8, 4) is 11.5 Å². The molecule has 1 amide bonds. The van der Waals surface area contributed by atoms with E-state index < -0.39 is 17.4 Å². The van der Waals surface area contributed by atoms with Gasteiger partial charge in [-0.1, -0.05) is 6.92 Å². The number of hydrogen-bond acceptors (Lipinski definition) is 4. The van der Waals surface area contributed by atoms with Crippen molar-refractivity contribution >= 4 is 11.9 Å². The van der Waals surface area contributed by atoms with Crippen LogP contribution < -0.4 is 10.1 Å². The molecule has 0 atom stereocenters. The van der Waals surface area contributed by atoms with Gasteiger partial charge in [-0.3, -0.25) is 4.79 Å². The van der Waals surface area contributed by atoms with E-state index in [1.807, 2.05) is 0 Å². The smallest absolute Gasteiger partial charge is 0.329 e. The number of carboxylic acids is 1. The first-order valence-electron chi connectivity index (χ1n) is 7.31. The number of benzene rings is 1. The third-order valence-corrected chi connectivity index (χ3v) is 4.34. The number of carbonyl (C=O) groups excluding carboxylic acids is 1. The van der Waals surface area contributed by atoms with Gasteiger partial charge in [0, 0.05) is 0 Å². The molecule has 6 heteroatoms. The molecular weight excluding hydrogens is 286 g/mol. The minimum absolute atomic E-state index is 0.0126. The summed E-state index contributed by atoms with van der Waals surface area (Å²) >= 11 is 0. The van der Waals surface area contributed by atoms with Gasteiger partial charge in [0.15, 0.2) is 0 Å². The van der Waals surface area contributed by atoms with Crippen LogP contribution in [0.5, 0.6) is 11.5 Å². The maximum atomic E-state index is 12.4. The Morgan fingerprint density at radius 3 is 2.50 bits per heavy atom. The molecule has 1 aliphatic rings. The summed E-state index contributed by atoms with van der Waals surface area (Å²) in [7, 11) is 1.45. The third-order valence-electron chi connectivity index (χ3n) is 4.34. The third kappa shape index (κ3) is 3.16. The van der Waals surface area contributed by atoms with Crippen molar-refractivity contribution < 1.29 is 24.5 Å². The lowest BCUT2D eigenvalue weighted by Crippen LogP contribution is -2.56. The summed E-state index contributed by atoms with van der Waals surface area (Å²) in [5, 5.41) is 22.0. The molecule has 6 nitrogen and oxygen atoms in total. The van der Waals surface area contributed by atoms with Crippen LogP contribution >= 0.6 is 0 Å². The lowest BCUT2D eigenvalue weighted by atomic mass is 9.77. The van der Waals surface area contributed by atoms with Crippen molar-refractivity contribution in [2.75, 3.05) is 7.11 Å². The summed E-state index contributed by atoms with van der Waals surface area (Å²) in [6.07, 6.45) is 2.27. The van der Waals surface area contributed by atoms with Crippen LogP contribution in [0, 0.1) is 5.92 Å². The molecule has 0 heterocycles. The highest BCUT2D eigenvalue weighted by molar-refractivity contribution is 6.00. The lowest BCUT2D eigenvalue weighted by Gasteiger charge is -2.36. The van der Waals surface area contributed by atoms with Crippen molar-refractivity contribution in [2.45, 2.75) is 38.1 Å². The second kappa shape index (κ2) is 6.25. The molecule has 0 bridgehead atoms. The monoisotopic (exact) mass is 307 g/mol. The van der Waals surface area contributed by atoms with Gasteiger partial charge in [-0.2, -0.15) is 0 Å². The average molecular weight is 307 g/mol. The van der Waals surface area contributed by atoms with Crippen LogP contribution in [0.2, 0.25) is 0 Å². The van der Waals surface area contributed by atoms with E-state index in [1.54, 1.807) is 0 Å². The van der Waals surface area contributed by atoms with E-state index in [4.69, 9.17) is 4.74 Å². The summed E-state index contributed by atoms with van der Waals surface area (Å²) in [6, 6.07) is 4.27. The largest absolute Gasteiger partial charge is 0.507 e. The number of phenols is 1. The van der Waals surface area contributed by atoms with Gasteiger partial charge in [0.1, 0.15) is 17.0 Å². The van der Waals surface area contributed by atoms with Gasteiger partial charge in [0.25, 0.3) is 5.91 Å². The minimum atomic E-state index is -1.26. The van der Waals surface area contributed by atoms with Crippen LogP contribution in [0.1, 0.15) is 43.0 Å². The van der Waals surface area contributed by atoms with Crippen molar-refractivity contribution in [1.29, 1.82) is 0 Å². The molecule has 1 saturated carbocycles. The molecule has 1 aromatic carbocycles. The number of rotatable bonds is 4. The summed E-state index contributed by atoms with van der Waals surface area (Å²) < 4.78 is 5.03. The Bertz CT molecular complexity index is 576. The van der Waals surface area contributed by atoms with E-state index in [-0.39, 0.29) is 11.3 Å². The average Bonchev–Trinajstić information content (AvgIpc) is 2.50. The molecular formula is C16H21NO5. The number of amides is 1. The molecule has 0 aliphatic heterocycles. The van der Waals surface area contributed by atoms with Crippen molar-refractivity contribution in [2.24, 2.45) is 5.92 Å². The predicted octanol–water partition coefficient (Wildman–Crippen LogP) is 2.16. The molecule has 0 spiro atoms. The van der Waals surface area contributed by atoms with Crippen LogP contribution in [-0.4, -0.2) is 34.7 Å². The zero-order valence-corrected chi connectivity index (χ0v) is 12.8. The van der Waals surface area contributed by atoms with Gasteiger partial charge >= 0.3 is 5.97 Å². The number of carbonyl (C=O) groups is 2.